The predicted molar refractivity (Wildman–Crippen MR) is 124 cm³/mol. The van der Waals surface area contributed by atoms with E-state index in [9.17, 15) is 0 Å². The molecule has 1 aliphatic heterocycles. The molecule has 0 spiro atoms. The van der Waals surface area contributed by atoms with Crippen LogP contribution in [0, 0.1) is 0 Å². The van der Waals surface area contributed by atoms with E-state index in [2.05, 4.69) is 43.2 Å². The molecule has 4 nitrogen and oxygen atoms in total. The number of halogens is 2. The maximum atomic E-state index is 6.42. The molecule has 0 radical (unpaired) electrons. The zero-order valence-corrected chi connectivity index (χ0v) is 19.7. The van der Waals surface area contributed by atoms with Crippen molar-refractivity contribution in [2.45, 2.75) is 70.7 Å². The Balaban J connectivity index is 1.79. The van der Waals surface area contributed by atoms with E-state index in [1.165, 1.54) is 0 Å². The van der Waals surface area contributed by atoms with E-state index in [0.29, 0.717) is 28.2 Å². The van der Waals surface area contributed by atoms with Crippen LogP contribution in [-0.4, -0.2) is 27.1 Å². The van der Waals surface area contributed by atoms with Crippen molar-refractivity contribution in [2.75, 3.05) is 0 Å². The Labute approximate surface area is 188 Å². The highest BCUT2D eigenvalue weighted by Crippen LogP contribution is 2.30. The van der Waals surface area contributed by atoms with E-state index in [4.69, 9.17) is 39.8 Å². The molecule has 3 rings (SSSR count). The normalized spacial score (nSPS) is 18.4. The van der Waals surface area contributed by atoms with E-state index < -0.39 is 0 Å². The summed E-state index contributed by atoms with van der Waals surface area (Å²) in [6, 6.07) is 9.64. The molecule has 0 atom stereocenters. The molecule has 7 heteroatoms. The summed E-state index contributed by atoms with van der Waals surface area (Å²) >= 11 is 18.7. The van der Waals surface area contributed by atoms with Crippen molar-refractivity contribution >= 4 is 40.5 Å². The van der Waals surface area contributed by atoms with E-state index in [1.54, 1.807) is 6.26 Å². The van der Waals surface area contributed by atoms with E-state index in [0.717, 1.165) is 24.2 Å². The second-order valence-electron chi connectivity index (χ2n) is 9.08. The fourth-order valence-electron chi connectivity index (χ4n) is 4.35. The third kappa shape index (κ3) is 6.11. The lowest BCUT2D eigenvalue weighted by atomic mass is 9.80. The highest BCUT2D eigenvalue weighted by Gasteiger charge is 2.38. The van der Waals surface area contributed by atoms with Crippen molar-refractivity contribution < 1.29 is 4.42 Å². The minimum absolute atomic E-state index is 0.0346. The lowest BCUT2D eigenvalue weighted by molar-refractivity contribution is 0.153. The van der Waals surface area contributed by atoms with Crippen LogP contribution >= 0.6 is 35.4 Å². The minimum Gasteiger partial charge on any atom is -0.467 e. The molecule has 1 aromatic heterocycles. The Bertz CT molecular complexity index is 815. The lowest BCUT2D eigenvalue weighted by Gasteiger charge is -2.47. The largest absolute Gasteiger partial charge is 0.467 e. The topological polar surface area (TPSA) is 40.4 Å². The molecule has 2 heterocycles. The Morgan fingerprint density at radius 1 is 1.10 bits per heavy atom. The van der Waals surface area contributed by atoms with Gasteiger partial charge in [-0.15, -0.1) is 0 Å². The number of hydrogen-bond donors (Lipinski definition) is 2. The highest BCUT2D eigenvalue weighted by molar-refractivity contribution is 7.80. The molecule has 1 fully saturated rings. The van der Waals surface area contributed by atoms with Gasteiger partial charge in [-0.25, -0.2) is 0 Å². The van der Waals surface area contributed by atoms with Gasteiger partial charge in [-0.05, 0) is 77.0 Å². The SMILES string of the molecule is CC1(C)CC(NC(=S)N(Cc2ccco2)Cc2c(Cl)cccc2Cl)CC(C)(C)N1. The molecular formula is C22H29Cl2N3OS. The highest BCUT2D eigenvalue weighted by atomic mass is 35.5. The van der Waals surface area contributed by atoms with Crippen LogP contribution in [0.15, 0.2) is 41.0 Å². The molecule has 0 saturated carbocycles. The first-order valence-corrected chi connectivity index (χ1v) is 11.0. The number of furan rings is 1. The molecule has 0 unspecified atom stereocenters. The molecule has 2 N–H and O–H groups in total. The second-order valence-corrected chi connectivity index (χ2v) is 10.3. The van der Waals surface area contributed by atoms with Gasteiger partial charge < -0.3 is 20.0 Å². The molecule has 0 bridgehead atoms. The van der Waals surface area contributed by atoms with Crippen LogP contribution in [-0.2, 0) is 13.1 Å². The standard InChI is InChI=1S/C22H29Cl2N3OS/c1-21(2)11-15(12-22(3,4)26-21)25-20(29)27(13-16-7-6-10-28-16)14-17-18(23)8-5-9-19(17)24/h5-10,15,26H,11-14H2,1-4H3,(H,25,29). The molecule has 29 heavy (non-hydrogen) atoms. The van der Waals surface area contributed by atoms with Gasteiger partial charge in [0, 0.05) is 39.3 Å². The summed E-state index contributed by atoms with van der Waals surface area (Å²) in [4.78, 5) is 2.06. The maximum Gasteiger partial charge on any atom is 0.169 e. The van der Waals surface area contributed by atoms with Crippen molar-refractivity contribution in [1.82, 2.24) is 15.5 Å². The summed E-state index contributed by atoms with van der Waals surface area (Å²) in [7, 11) is 0. The average Bonchev–Trinajstić information content (AvgIpc) is 3.07. The number of piperidine rings is 1. The van der Waals surface area contributed by atoms with Gasteiger partial charge in [0.2, 0.25) is 0 Å². The van der Waals surface area contributed by atoms with Gasteiger partial charge >= 0.3 is 0 Å². The Morgan fingerprint density at radius 2 is 1.72 bits per heavy atom. The van der Waals surface area contributed by atoms with Gasteiger partial charge in [-0.1, -0.05) is 29.3 Å². The first-order valence-electron chi connectivity index (χ1n) is 9.85. The minimum atomic E-state index is 0.0346. The molecule has 1 aromatic carbocycles. The van der Waals surface area contributed by atoms with Crippen LogP contribution < -0.4 is 10.6 Å². The number of hydrogen-bond acceptors (Lipinski definition) is 3. The smallest absolute Gasteiger partial charge is 0.169 e. The van der Waals surface area contributed by atoms with Gasteiger partial charge in [0.05, 0.1) is 12.8 Å². The molecular weight excluding hydrogens is 425 g/mol. The monoisotopic (exact) mass is 453 g/mol. The first kappa shape index (κ1) is 22.4. The van der Waals surface area contributed by atoms with Crippen LogP contribution in [0.5, 0.6) is 0 Å². The molecule has 1 aliphatic rings. The third-order valence-electron chi connectivity index (χ3n) is 5.14. The van der Waals surface area contributed by atoms with Crippen LogP contribution in [0.2, 0.25) is 10.0 Å². The van der Waals surface area contributed by atoms with Gasteiger partial charge in [0.1, 0.15) is 5.76 Å². The van der Waals surface area contributed by atoms with E-state index >= 15 is 0 Å². The quantitative estimate of drug-likeness (QED) is 0.561. The van der Waals surface area contributed by atoms with Gasteiger partial charge in [0.25, 0.3) is 0 Å². The van der Waals surface area contributed by atoms with Crippen LogP contribution in [0.3, 0.4) is 0 Å². The number of rotatable bonds is 5. The fraction of sp³-hybridized carbons (Fsp3) is 0.500. The van der Waals surface area contributed by atoms with Crippen molar-refractivity contribution in [3.63, 3.8) is 0 Å². The van der Waals surface area contributed by atoms with Crippen molar-refractivity contribution in [1.29, 1.82) is 0 Å². The number of nitrogens with zero attached hydrogens (tertiary/aromatic N) is 1. The zero-order chi connectivity index (χ0) is 21.2. The van der Waals surface area contributed by atoms with E-state index in [1.807, 2.05) is 30.3 Å². The average molecular weight is 454 g/mol. The predicted octanol–water partition coefficient (Wildman–Crippen LogP) is 5.77. The Morgan fingerprint density at radius 3 is 2.28 bits per heavy atom. The Hall–Kier alpha value is -1.27. The number of thiocarbonyl (C=S) groups is 1. The van der Waals surface area contributed by atoms with Gasteiger partial charge in [-0.2, -0.15) is 0 Å². The van der Waals surface area contributed by atoms with Gasteiger partial charge in [0.15, 0.2) is 5.11 Å². The summed E-state index contributed by atoms with van der Waals surface area (Å²) < 4.78 is 5.56. The maximum absolute atomic E-state index is 6.42. The van der Waals surface area contributed by atoms with Crippen molar-refractivity contribution in [2.24, 2.45) is 0 Å². The van der Waals surface area contributed by atoms with Gasteiger partial charge in [-0.3, -0.25) is 0 Å². The second kappa shape index (κ2) is 8.84. The molecule has 0 amide bonds. The van der Waals surface area contributed by atoms with Crippen molar-refractivity contribution in [3.05, 3.63) is 58.0 Å². The molecule has 2 aromatic rings. The fourth-order valence-corrected chi connectivity index (χ4v) is 5.17. The molecule has 158 valence electrons. The van der Waals surface area contributed by atoms with E-state index in [-0.39, 0.29) is 17.1 Å². The summed E-state index contributed by atoms with van der Waals surface area (Å²) in [5, 5.41) is 9.24. The van der Waals surface area contributed by atoms with Crippen LogP contribution in [0.25, 0.3) is 0 Å². The summed E-state index contributed by atoms with van der Waals surface area (Å²) in [5.74, 6) is 0.836. The summed E-state index contributed by atoms with van der Waals surface area (Å²) in [6.45, 7) is 9.97. The van der Waals surface area contributed by atoms with Crippen molar-refractivity contribution in [3.8, 4) is 0 Å². The Kier molecular flexibility index (Phi) is 6.84. The molecule has 1 saturated heterocycles. The molecule has 0 aliphatic carbocycles. The van der Waals surface area contributed by atoms with Crippen LogP contribution in [0.4, 0.5) is 0 Å². The number of nitrogens with one attached hydrogen (secondary N) is 2. The number of benzene rings is 1. The lowest BCUT2D eigenvalue weighted by Crippen LogP contribution is -2.62. The summed E-state index contributed by atoms with van der Waals surface area (Å²) in [5.41, 5.74) is 0.928. The zero-order valence-electron chi connectivity index (χ0n) is 17.4. The summed E-state index contributed by atoms with van der Waals surface area (Å²) in [6.07, 6.45) is 3.64. The third-order valence-corrected chi connectivity index (χ3v) is 6.23. The first-order chi connectivity index (χ1) is 13.5. The van der Waals surface area contributed by atoms with Crippen LogP contribution in [0.1, 0.15) is 51.9 Å².